The Balaban J connectivity index is 4.96. The van der Waals surface area contributed by atoms with Crippen LogP contribution in [-0.2, 0) is 4.74 Å². The first kappa shape index (κ1) is 12.5. The molecule has 2 nitrogen and oxygen atoms in total. The third-order valence-electron chi connectivity index (χ3n) is 1.44. The van der Waals surface area contributed by atoms with Crippen LogP contribution in [0.1, 0.15) is 6.92 Å². The second kappa shape index (κ2) is 3.33. The molecule has 0 unspecified atom stereocenters. The Hall–Kier alpha value is -0.500. The number of hydrogen-bond acceptors (Lipinski definition) is 2. The van der Waals surface area contributed by atoms with E-state index in [1.165, 1.54) is 0 Å². The number of aliphatic hydroxyl groups excluding tert-OH is 1. The summed E-state index contributed by atoms with van der Waals surface area (Å²) in [5.74, 6) is 0. The number of rotatable bonds is 2. The lowest BCUT2D eigenvalue weighted by atomic mass is 10.1. The maximum Gasteiger partial charge on any atom is 0.426 e. The summed E-state index contributed by atoms with van der Waals surface area (Å²) in [6.07, 6.45) is -11.2. The van der Waals surface area contributed by atoms with Gasteiger partial charge in [-0.05, 0) is 6.92 Å². The predicted octanol–water partition coefficient (Wildman–Crippen LogP) is 1.84. The van der Waals surface area contributed by atoms with E-state index in [4.69, 9.17) is 5.11 Å². The average Bonchev–Trinajstić information content (AvgIpc) is 1.82. The largest absolute Gasteiger partial charge is 0.426 e. The van der Waals surface area contributed by atoms with Gasteiger partial charge in [-0.25, -0.2) is 0 Å². The first-order chi connectivity index (χ1) is 5.56. The number of ether oxygens (including phenoxy) is 1. The van der Waals surface area contributed by atoms with Crippen LogP contribution >= 0.6 is 0 Å². The fourth-order valence-electron chi connectivity index (χ4n) is 0.453. The van der Waals surface area contributed by atoms with Crippen molar-refractivity contribution in [1.82, 2.24) is 0 Å². The molecule has 0 saturated heterocycles. The summed E-state index contributed by atoms with van der Waals surface area (Å²) in [6, 6.07) is 0. The fraction of sp³-hybridized carbons (Fsp3) is 1.00. The van der Waals surface area contributed by atoms with Crippen molar-refractivity contribution in [3.8, 4) is 0 Å². The number of halogens is 6. The van der Waals surface area contributed by atoms with Gasteiger partial charge in [-0.3, -0.25) is 0 Å². The summed E-state index contributed by atoms with van der Waals surface area (Å²) < 4.78 is 74.3. The Morgan fingerprint density at radius 3 is 1.38 bits per heavy atom. The minimum Gasteiger partial charge on any atom is -0.371 e. The molecule has 0 heterocycles. The summed E-state index contributed by atoms with van der Waals surface area (Å²) in [5, 5.41) is 7.91. The summed E-state index contributed by atoms with van der Waals surface area (Å²) in [5.41, 5.74) is -4.32. The van der Waals surface area contributed by atoms with Crippen molar-refractivity contribution in [2.24, 2.45) is 0 Å². The van der Waals surface area contributed by atoms with E-state index in [0.29, 0.717) is 0 Å². The normalized spacial score (nSPS) is 14.8. The first-order valence-corrected chi connectivity index (χ1v) is 2.94. The van der Waals surface area contributed by atoms with Gasteiger partial charge in [-0.15, -0.1) is 0 Å². The minimum absolute atomic E-state index is 0.191. The molecule has 0 saturated carbocycles. The van der Waals surface area contributed by atoms with Crippen LogP contribution in [0.15, 0.2) is 0 Å². The molecule has 0 amide bonds. The van der Waals surface area contributed by atoms with E-state index in [-0.39, 0.29) is 6.92 Å². The molecule has 80 valence electrons. The Morgan fingerprint density at radius 1 is 1.00 bits per heavy atom. The Labute approximate surface area is 69.1 Å². The number of hydrogen-bond donors (Lipinski definition) is 1. The lowest BCUT2D eigenvalue weighted by Crippen LogP contribution is -2.56. The molecule has 0 bridgehead atoms. The van der Waals surface area contributed by atoms with Gasteiger partial charge in [0.2, 0.25) is 0 Å². The first-order valence-electron chi connectivity index (χ1n) is 2.94. The number of aliphatic hydroxyl groups is 1. The van der Waals surface area contributed by atoms with Gasteiger partial charge in [-0.1, -0.05) is 0 Å². The SMILES string of the molecule is CC(OCO)(C(F)(F)F)C(F)(F)F. The second-order valence-electron chi connectivity index (χ2n) is 2.30. The highest BCUT2D eigenvalue weighted by Gasteiger charge is 2.69. The molecule has 0 aromatic rings. The van der Waals surface area contributed by atoms with E-state index < -0.39 is 24.7 Å². The molecule has 0 radical (unpaired) electrons. The summed E-state index contributed by atoms with van der Waals surface area (Å²) in [6.45, 7) is -1.85. The van der Waals surface area contributed by atoms with E-state index in [9.17, 15) is 26.3 Å². The lowest BCUT2D eigenvalue weighted by molar-refractivity contribution is -0.384. The van der Waals surface area contributed by atoms with Crippen LogP contribution in [0.3, 0.4) is 0 Å². The van der Waals surface area contributed by atoms with Crippen molar-refractivity contribution < 1.29 is 36.2 Å². The van der Waals surface area contributed by atoms with Gasteiger partial charge in [0, 0.05) is 0 Å². The summed E-state index contributed by atoms with van der Waals surface area (Å²) in [4.78, 5) is 0. The third kappa shape index (κ3) is 2.25. The molecule has 0 aromatic carbocycles. The number of alkyl halides is 6. The van der Waals surface area contributed by atoms with E-state index in [1.807, 2.05) is 0 Å². The smallest absolute Gasteiger partial charge is 0.371 e. The monoisotopic (exact) mass is 212 g/mol. The van der Waals surface area contributed by atoms with Gasteiger partial charge in [0.1, 0.15) is 6.79 Å². The second-order valence-corrected chi connectivity index (χ2v) is 2.30. The molecule has 0 aromatic heterocycles. The van der Waals surface area contributed by atoms with E-state index >= 15 is 0 Å². The molecule has 8 heteroatoms. The quantitative estimate of drug-likeness (QED) is 0.559. The zero-order valence-corrected chi connectivity index (χ0v) is 6.33. The van der Waals surface area contributed by atoms with E-state index in [1.54, 1.807) is 0 Å². The van der Waals surface area contributed by atoms with Crippen LogP contribution in [0.5, 0.6) is 0 Å². The van der Waals surface area contributed by atoms with Gasteiger partial charge < -0.3 is 9.84 Å². The maximum atomic E-state index is 11.8. The standard InChI is InChI=1S/C5H6F6O2/c1-3(13-2-12,4(6,7)8)5(9,10)11/h12H,2H2,1H3. The highest BCUT2D eigenvalue weighted by atomic mass is 19.4. The van der Waals surface area contributed by atoms with Crippen molar-refractivity contribution in [1.29, 1.82) is 0 Å². The molecule has 0 fully saturated rings. The minimum atomic E-state index is -5.62. The van der Waals surface area contributed by atoms with Crippen LogP contribution in [0.2, 0.25) is 0 Å². The van der Waals surface area contributed by atoms with Gasteiger partial charge in [0.15, 0.2) is 0 Å². The van der Waals surface area contributed by atoms with Crippen molar-refractivity contribution in [2.75, 3.05) is 6.79 Å². The van der Waals surface area contributed by atoms with Crippen LogP contribution in [0, 0.1) is 0 Å². The molecule has 13 heavy (non-hydrogen) atoms. The average molecular weight is 212 g/mol. The topological polar surface area (TPSA) is 29.5 Å². The molecule has 0 aliphatic rings. The molecular weight excluding hydrogens is 206 g/mol. The fourth-order valence-corrected chi connectivity index (χ4v) is 0.453. The van der Waals surface area contributed by atoms with Crippen molar-refractivity contribution >= 4 is 0 Å². The summed E-state index contributed by atoms with van der Waals surface area (Å²) in [7, 11) is 0. The molecule has 0 rings (SSSR count). The van der Waals surface area contributed by atoms with E-state index in [2.05, 4.69) is 4.74 Å². The van der Waals surface area contributed by atoms with Crippen molar-refractivity contribution in [3.05, 3.63) is 0 Å². The van der Waals surface area contributed by atoms with Gasteiger partial charge in [-0.2, -0.15) is 26.3 Å². The zero-order valence-electron chi connectivity index (χ0n) is 6.33. The van der Waals surface area contributed by atoms with Crippen molar-refractivity contribution in [2.45, 2.75) is 24.9 Å². The van der Waals surface area contributed by atoms with Crippen molar-refractivity contribution in [3.63, 3.8) is 0 Å². The zero-order chi connectivity index (χ0) is 10.9. The lowest BCUT2D eigenvalue weighted by Gasteiger charge is -2.32. The molecule has 0 aliphatic heterocycles. The van der Waals surface area contributed by atoms with Crippen LogP contribution in [0.4, 0.5) is 26.3 Å². The van der Waals surface area contributed by atoms with Gasteiger partial charge in [0.05, 0.1) is 0 Å². The molecule has 0 spiro atoms. The molecule has 0 aliphatic carbocycles. The Bertz CT molecular complexity index is 157. The van der Waals surface area contributed by atoms with E-state index in [0.717, 1.165) is 0 Å². The van der Waals surface area contributed by atoms with Gasteiger partial charge in [0.25, 0.3) is 5.60 Å². The maximum absolute atomic E-state index is 11.8. The predicted molar refractivity (Wildman–Crippen MR) is 28.7 cm³/mol. The molecule has 1 N–H and O–H groups in total. The Morgan fingerprint density at radius 2 is 1.31 bits per heavy atom. The third-order valence-corrected chi connectivity index (χ3v) is 1.44. The molecule has 0 atom stereocenters. The highest BCUT2D eigenvalue weighted by molar-refractivity contribution is 4.91. The van der Waals surface area contributed by atoms with Crippen LogP contribution in [0.25, 0.3) is 0 Å². The van der Waals surface area contributed by atoms with Crippen LogP contribution < -0.4 is 0 Å². The van der Waals surface area contributed by atoms with Gasteiger partial charge >= 0.3 is 12.4 Å². The Kier molecular flexibility index (Phi) is 3.21. The molecular formula is C5H6F6O2. The van der Waals surface area contributed by atoms with Crippen LogP contribution in [-0.4, -0.2) is 29.9 Å². The highest BCUT2D eigenvalue weighted by Crippen LogP contribution is 2.45. The summed E-state index contributed by atoms with van der Waals surface area (Å²) >= 11 is 0.